The number of carbonyl (C=O) groups excluding carboxylic acids is 1. The van der Waals surface area contributed by atoms with Gasteiger partial charge in [-0.15, -0.1) is 5.46 Å². The second kappa shape index (κ2) is 3.12. The van der Waals surface area contributed by atoms with Gasteiger partial charge < -0.3 is 18.7 Å². The number of primary amides is 1. The molecule has 0 aliphatic carbocycles. The van der Waals surface area contributed by atoms with Gasteiger partial charge in [-0.1, -0.05) is 18.2 Å². The molecule has 0 saturated carbocycles. The third-order valence-electron chi connectivity index (χ3n) is 1.55. The molecule has 0 unspecified atom stereocenters. The van der Waals surface area contributed by atoms with Gasteiger partial charge in [0.15, 0.2) is 0 Å². The van der Waals surface area contributed by atoms with Crippen molar-refractivity contribution < 1.29 is 17.7 Å². The fourth-order valence-corrected chi connectivity index (χ4v) is 0.896. The fraction of sp³-hybridized carbons (Fsp3) is 0. The first-order valence-electron chi connectivity index (χ1n) is 3.51. The van der Waals surface area contributed by atoms with E-state index in [-0.39, 0.29) is 5.56 Å². The van der Waals surface area contributed by atoms with E-state index in [0.717, 1.165) is 18.2 Å². The summed E-state index contributed by atoms with van der Waals surface area (Å²) in [6.45, 7) is -5.06. The lowest BCUT2D eigenvalue weighted by Crippen LogP contribution is -2.34. The lowest BCUT2D eigenvalue weighted by atomic mass is 9.79. The number of hydrogen-bond acceptors (Lipinski definition) is 1. The molecule has 70 valence electrons. The van der Waals surface area contributed by atoms with Crippen LogP contribution in [-0.4, -0.2) is 12.9 Å². The number of rotatable bonds is 2. The normalized spacial score (nSPS) is 11.3. The largest absolute Gasteiger partial charge is 0.509 e. The van der Waals surface area contributed by atoms with Crippen molar-refractivity contribution in [3.63, 3.8) is 0 Å². The highest BCUT2D eigenvalue weighted by Gasteiger charge is 2.25. The molecule has 2 nitrogen and oxygen atoms in total. The quantitative estimate of drug-likeness (QED) is 0.686. The van der Waals surface area contributed by atoms with Crippen molar-refractivity contribution >= 4 is 18.3 Å². The highest BCUT2D eigenvalue weighted by Crippen LogP contribution is 2.09. The van der Waals surface area contributed by atoms with Crippen LogP contribution in [0.5, 0.6) is 0 Å². The summed E-state index contributed by atoms with van der Waals surface area (Å²) in [5.74, 6) is -0.859. The molecule has 1 aromatic rings. The standard InChI is InChI=1S/C7H6BF3NO/c9-8(10,11)6-3-1-2-5(4-6)7(12)13/h1-4H,(H2,12,13)/q-1. The fourth-order valence-electron chi connectivity index (χ4n) is 0.896. The number of halogens is 3. The summed E-state index contributed by atoms with van der Waals surface area (Å²) < 4.78 is 36.4. The molecular formula is C7H6BF3NO-. The van der Waals surface area contributed by atoms with Crippen LogP contribution in [0.15, 0.2) is 24.3 Å². The van der Waals surface area contributed by atoms with Crippen LogP contribution >= 0.6 is 0 Å². The summed E-state index contributed by atoms with van der Waals surface area (Å²) >= 11 is 0. The van der Waals surface area contributed by atoms with Crippen LogP contribution in [0, 0.1) is 0 Å². The maximum atomic E-state index is 12.1. The molecule has 2 N–H and O–H groups in total. The minimum Gasteiger partial charge on any atom is -0.445 e. The van der Waals surface area contributed by atoms with Gasteiger partial charge in [0, 0.05) is 5.56 Å². The van der Waals surface area contributed by atoms with E-state index in [9.17, 15) is 17.7 Å². The summed E-state index contributed by atoms with van der Waals surface area (Å²) in [7, 11) is 0. The molecule has 1 amide bonds. The molecule has 6 heteroatoms. The van der Waals surface area contributed by atoms with Gasteiger partial charge in [0.1, 0.15) is 0 Å². The Morgan fingerprint density at radius 1 is 1.31 bits per heavy atom. The Kier molecular flexibility index (Phi) is 2.31. The Labute approximate surface area is 72.6 Å². The summed E-state index contributed by atoms with van der Waals surface area (Å²) in [5, 5.41) is 0. The third-order valence-corrected chi connectivity index (χ3v) is 1.55. The summed E-state index contributed by atoms with van der Waals surface area (Å²) in [4.78, 5) is 10.5. The van der Waals surface area contributed by atoms with E-state index in [0.29, 0.717) is 0 Å². The SMILES string of the molecule is NC(=O)c1cccc([B-](F)(F)F)c1. The highest BCUT2D eigenvalue weighted by atomic mass is 19.4. The Morgan fingerprint density at radius 3 is 2.38 bits per heavy atom. The average Bonchev–Trinajstić information content (AvgIpc) is 2.03. The van der Waals surface area contributed by atoms with E-state index < -0.39 is 18.3 Å². The van der Waals surface area contributed by atoms with Gasteiger partial charge in [-0.05, 0) is 6.07 Å². The van der Waals surface area contributed by atoms with Gasteiger partial charge in [-0.3, -0.25) is 4.79 Å². The molecule has 13 heavy (non-hydrogen) atoms. The molecule has 0 aliphatic heterocycles. The Hall–Kier alpha value is -1.46. The van der Waals surface area contributed by atoms with Crippen LogP contribution in [0.25, 0.3) is 0 Å². The van der Waals surface area contributed by atoms with E-state index in [2.05, 4.69) is 0 Å². The lowest BCUT2D eigenvalue weighted by molar-refractivity contribution is 0.100. The molecule has 0 aromatic heterocycles. The topological polar surface area (TPSA) is 43.1 Å². The van der Waals surface area contributed by atoms with Crippen LogP contribution in [0.4, 0.5) is 12.9 Å². The number of benzene rings is 1. The molecule has 1 aromatic carbocycles. The first-order valence-corrected chi connectivity index (χ1v) is 3.51. The van der Waals surface area contributed by atoms with Crippen molar-refractivity contribution in [3.8, 4) is 0 Å². The van der Waals surface area contributed by atoms with Gasteiger partial charge in [-0.25, -0.2) is 0 Å². The molecule has 0 bridgehead atoms. The molecule has 0 aliphatic rings. The number of carbonyl (C=O) groups is 1. The van der Waals surface area contributed by atoms with E-state index in [1.807, 2.05) is 0 Å². The van der Waals surface area contributed by atoms with E-state index in [1.165, 1.54) is 6.07 Å². The Bertz CT molecular complexity index is 337. The van der Waals surface area contributed by atoms with E-state index >= 15 is 0 Å². The first-order chi connectivity index (χ1) is 5.91. The van der Waals surface area contributed by atoms with Crippen molar-refractivity contribution in [1.82, 2.24) is 0 Å². The molecule has 0 spiro atoms. The van der Waals surface area contributed by atoms with Crippen molar-refractivity contribution in [3.05, 3.63) is 29.8 Å². The Morgan fingerprint density at radius 2 is 1.92 bits per heavy atom. The molecule has 0 heterocycles. The maximum Gasteiger partial charge on any atom is 0.509 e. The first kappa shape index (κ1) is 9.63. The average molecular weight is 188 g/mol. The molecule has 0 atom stereocenters. The van der Waals surface area contributed by atoms with Crippen molar-refractivity contribution in [2.24, 2.45) is 5.73 Å². The summed E-state index contributed by atoms with van der Waals surface area (Å²) in [6, 6.07) is 4.06. The van der Waals surface area contributed by atoms with Crippen molar-refractivity contribution in [2.45, 2.75) is 0 Å². The van der Waals surface area contributed by atoms with Crippen LogP contribution in [0.2, 0.25) is 0 Å². The van der Waals surface area contributed by atoms with Gasteiger partial charge in [0.25, 0.3) is 0 Å². The lowest BCUT2D eigenvalue weighted by Gasteiger charge is -2.14. The zero-order valence-electron chi connectivity index (χ0n) is 6.51. The smallest absolute Gasteiger partial charge is 0.445 e. The van der Waals surface area contributed by atoms with Gasteiger partial charge >= 0.3 is 6.98 Å². The zero-order valence-corrected chi connectivity index (χ0v) is 6.51. The van der Waals surface area contributed by atoms with Gasteiger partial charge in [0.05, 0.1) is 0 Å². The molecule has 0 saturated heterocycles. The number of hydrogen-bond donors (Lipinski definition) is 1. The molecule has 1 rings (SSSR count). The minimum atomic E-state index is -5.06. The minimum absolute atomic E-state index is 0.128. The van der Waals surface area contributed by atoms with Gasteiger partial charge in [0.2, 0.25) is 5.91 Å². The molecular weight excluding hydrogens is 182 g/mol. The number of nitrogens with two attached hydrogens (primary N) is 1. The zero-order chi connectivity index (χ0) is 10.1. The third kappa shape index (κ3) is 2.24. The van der Waals surface area contributed by atoms with Crippen LogP contribution in [-0.2, 0) is 0 Å². The Balaban J connectivity index is 3.13. The van der Waals surface area contributed by atoms with Gasteiger partial charge in [-0.2, -0.15) is 0 Å². The van der Waals surface area contributed by atoms with E-state index in [1.54, 1.807) is 0 Å². The summed E-state index contributed by atoms with van der Waals surface area (Å²) in [5.41, 5.74) is 3.89. The maximum absolute atomic E-state index is 12.1. The van der Waals surface area contributed by atoms with Crippen molar-refractivity contribution in [1.29, 1.82) is 0 Å². The monoisotopic (exact) mass is 188 g/mol. The predicted molar refractivity (Wildman–Crippen MR) is 43.7 cm³/mol. The predicted octanol–water partition coefficient (Wildman–Crippen LogP) is 0.840. The van der Waals surface area contributed by atoms with Crippen LogP contribution in [0.3, 0.4) is 0 Å². The number of amides is 1. The summed E-state index contributed by atoms with van der Waals surface area (Å²) in [6.07, 6.45) is 0. The van der Waals surface area contributed by atoms with Crippen molar-refractivity contribution in [2.75, 3.05) is 0 Å². The second-order valence-corrected chi connectivity index (χ2v) is 2.56. The highest BCUT2D eigenvalue weighted by molar-refractivity contribution is 6.73. The molecule has 0 radical (unpaired) electrons. The molecule has 0 fully saturated rings. The second-order valence-electron chi connectivity index (χ2n) is 2.56. The van der Waals surface area contributed by atoms with Crippen LogP contribution < -0.4 is 11.2 Å². The van der Waals surface area contributed by atoms with E-state index in [4.69, 9.17) is 5.73 Å². The van der Waals surface area contributed by atoms with Crippen LogP contribution in [0.1, 0.15) is 10.4 Å².